The van der Waals surface area contributed by atoms with Gasteiger partial charge in [-0.05, 0) is 13.0 Å². The lowest BCUT2D eigenvalue weighted by Gasteiger charge is -2.00. The van der Waals surface area contributed by atoms with E-state index < -0.39 is 0 Å². The lowest BCUT2D eigenvalue weighted by molar-refractivity contribution is 0.222. The molecule has 1 rings (SSSR count). The van der Waals surface area contributed by atoms with Gasteiger partial charge in [0.05, 0.1) is 6.10 Å². The fraction of sp³-hybridized carbons (Fsp3) is 0.667. The highest BCUT2D eigenvalue weighted by molar-refractivity contribution is 4.92. The van der Waals surface area contributed by atoms with Crippen LogP contribution in [0.3, 0.4) is 0 Å². The number of aliphatic hydroxyl groups excluding tert-OH is 1. The van der Waals surface area contributed by atoms with Crippen LogP contribution < -0.4 is 5.32 Å². The van der Waals surface area contributed by atoms with Crippen LogP contribution in [0, 0.1) is 0 Å². The number of hydrogen-bond acceptors (Lipinski definition) is 2. The normalized spacial score (nSPS) is 29.9. The second-order valence-electron chi connectivity index (χ2n) is 1.99. The zero-order chi connectivity index (χ0) is 5.82. The summed E-state index contributed by atoms with van der Waals surface area (Å²) in [6.45, 7) is 1.70. The van der Waals surface area contributed by atoms with Crippen molar-refractivity contribution in [2.24, 2.45) is 0 Å². The first-order valence-corrected chi connectivity index (χ1v) is 2.95. The van der Waals surface area contributed by atoms with E-state index in [2.05, 4.69) is 5.32 Å². The van der Waals surface area contributed by atoms with Gasteiger partial charge in [-0.3, -0.25) is 0 Å². The molecule has 8 heavy (non-hydrogen) atoms. The first-order valence-electron chi connectivity index (χ1n) is 2.95. The van der Waals surface area contributed by atoms with E-state index in [4.69, 9.17) is 5.11 Å². The minimum Gasteiger partial charge on any atom is -0.388 e. The van der Waals surface area contributed by atoms with Crippen LogP contribution in [-0.2, 0) is 0 Å². The Balaban J connectivity index is 2.33. The summed E-state index contributed by atoms with van der Waals surface area (Å²) in [4.78, 5) is 0. The standard InChI is InChI=1S/C6H11NO/c8-6-3-1-2-4-7-5-6/h1,3,6-8H,2,4-5H2. The Hall–Kier alpha value is -0.340. The van der Waals surface area contributed by atoms with Crippen molar-refractivity contribution in [3.8, 4) is 0 Å². The highest BCUT2D eigenvalue weighted by Crippen LogP contribution is 1.91. The molecule has 1 heterocycles. The maximum Gasteiger partial charge on any atom is 0.0845 e. The molecule has 46 valence electrons. The third-order valence-corrected chi connectivity index (χ3v) is 1.20. The van der Waals surface area contributed by atoms with Crippen LogP contribution >= 0.6 is 0 Å². The molecule has 0 aromatic carbocycles. The largest absolute Gasteiger partial charge is 0.388 e. The Kier molecular flexibility index (Phi) is 2.06. The molecule has 0 fully saturated rings. The van der Waals surface area contributed by atoms with Gasteiger partial charge in [0.2, 0.25) is 0 Å². The Labute approximate surface area is 49.2 Å². The molecular weight excluding hydrogens is 102 g/mol. The summed E-state index contributed by atoms with van der Waals surface area (Å²) in [6, 6.07) is 0. The summed E-state index contributed by atoms with van der Waals surface area (Å²) in [5, 5.41) is 12.0. The molecule has 1 aliphatic rings. The number of β-amino-alcohol motifs (C(OH)–C–C–N with tert-alkyl or cyclic N) is 1. The molecule has 2 N–H and O–H groups in total. The molecule has 0 saturated heterocycles. The predicted octanol–water partition coefficient (Wildman–Crippen LogP) is -0.103. The van der Waals surface area contributed by atoms with Gasteiger partial charge in [-0.1, -0.05) is 12.2 Å². The lowest BCUT2D eigenvalue weighted by Crippen LogP contribution is -2.23. The predicted molar refractivity (Wildman–Crippen MR) is 32.6 cm³/mol. The van der Waals surface area contributed by atoms with E-state index in [1.165, 1.54) is 0 Å². The minimum absolute atomic E-state index is 0.266. The molecule has 0 aromatic heterocycles. The molecule has 0 radical (unpaired) electrons. The van der Waals surface area contributed by atoms with Gasteiger partial charge in [-0.2, -0.15) is 0 Å². The zero-order valence-corrected chi connectivity index (χ0v) is 4.80. The summed E-state index contributed by atoms with van der Waals surface area (Å²) in [6.07, 6.45) is 4.61. The minimum atomic E-state index is -0.266. The smallest absolute Gasteiger partial charge is 0.0845 e. The fourth-order valence-electron chi connectivity index (χ4n) is 0.757. The van der Waals surface area contributed by atoms with E-state index in [0.29, 0.717) is 6.54 Å². The summed E-state index contributed by atoms with van der Waals surface area (Å²) < 4.78 is 0. The van der Waals surface area contributed by atoms with E-state index in [-0.39, 0.29) is 6.10 Å². The number of nitrogens with one attached hydrogen (secondary N) is 1. The zero-order valence-electron chi connectivity index (χ0n) is 4.80. The van der Waals surface area contributed by atoms with Crippen molar-refractivity contribution < 1.29 is 5.11 Å². The average Bonchev–Trinajstić information content (AvgIpc) is 1.94. The first-order chi connectivity index (χ1) is 3.89. The van der Waals surface area contributed by atoms with Gasteiger partial charge in [-0.15, -0.1) is 0 Å². The number of hydrogen-bond donors (Lipinski definition) is 2. The third kappa shape index (κ3) is 1.64. The number of rotatable bonds is 0. The van der Waals surface area contributed by atoms with E-state index in [0.717, 1.165) is 13.0 Å². The molecule has 0 amide bonds. The van der Waals surface area contributed by atoms with Gasteiger partial charge < -0.3 is 10.4 Å². The highest BCUT2D eigenvalue weighted by atomic mass is 16.3. The van der Waals surface area contributed by atoms with Crippen molar-refractivity contribution >= 4 is 0 Å². The SMILES string of the molecule is OC1C=CCCNC1. The quantitative estimate of drug-likeness (QED) is 0.430. The molecule has 0 aromatic rings. The average molecular weight is 113 g/mol. The van der Waals surface area contributed by atoms with Crippen LogP contribution in [0.5, 0.6) is 0 Å². The third-order valence-electron chi connectivity index (χ3n) is 1.20. The van der Waals surface area contributed by atoms with Gasteiger partial charge in [-0.25, -0.2) is 0 Å². The van der Waals surface area contributed by atoms with E-state index in [1.807, 2.05) is 12.2 Å². The molecule has 0 aliphatic carbocycles. The van der Waals surface area contributed by atoms with Crippen molar-refractivity contribution in [3.05, 3.63) is 12.2 Å². The van der Waals surface area contributed by atoms with Crippen LogP contribution in [0.4, 0.5) is 0 Å². The second-order valence-corrected chi connectivity index (χ2v) is 1.99. The van der Waals surface area contributed by atoms with Gasteiger partial charge >= 0.3 is 0 Å². The lowest BCUT2D eigenvalue weighted by atomic mass is 10.3. The molecule has 2 heteroatoms. The second kappa shape index (κ2) is 2.84. The summed E-state index contributed by atoms with van der Waals surface area (Å²) in [5.74, 6) is 0. The van der Waals surface area contributed by atoms with Crippen molar-refractivity contribution in [3.63, 3.8) is 0 Å². The summed E-state index contributed by atoms with van der Waals surface area (Å²) >= 11 is 0. The Morgan fingerprint density at radius 1 is 1.62 bits per heavy atom. The molecule has 1 aliphatic heterocycles. The maximum absolute atomic E-state index is 8.94. The fourth-order valence-corrected chi connectivity index (χ4v) is 0.757. The maximum atomic E-state index is 8.94. The molecule has 2 nitrogen and oxygen atoms in total. The van der Waals surface area contributed by atoms with E-state index in [9.17, 15) is 0 Å². The van der Waals surface area contributed by atoms with Crippen LogP contribution in [0.2, 0.25) is 0 Å². The van der Waals surface area contributed by atoms with Crippen molar-refractivity contribution in [2.75, 3.05) is 13.1 Å². The Morgan fingerprint density at radius 3 is 3.38 bits per heavy atom. The van der Waals surface area contributed by atoms with Gasteiger partial charge in [0.25, 0.3) is 0 Å². The van der Waals surface area contributed by atoms with E-state index in [1.54, 1.807) is 0 Å². The topological polar surface area (TPSA) is 32.3 Å². The van der Waals surface area contributed by atoms with Crippen molar-refractivity contribution in [1.29, 1.82) is 0 Å². The molecular formula is C6H11NO. The summed E-state index contributed by atoms with van der Waals surface area (Å²) in [7, 11) is 0. The van der Waals surface area contributed by atoms with Crippen LogP contribution in [0.1, 0.15) is 6.42 Å². The molecule has 0 spiro atoms. The Bertz CT molecular complexity index is 90.5. The Morgan fingerprint density at radius 2 is 2.50 bits per heavy atom. The molecule has 0 saturated carbocycles. The van der Waals surface area contributed by atoms with Crippen LogP contribution in [0.15, 0.2) is 12.2 Å². The molecule has 0 bridgehead atoms. The van der Waals surface area contributed by atoms with Crippen LogP contribution in [0.25, 0.3) is 0 Å². The monoisotopic (exact) mass is 113 g/mol. The van der Waals surface area contributed by atoms with E-state index >= 15 is 0 Å². The van der Waals surface area contributed by atoms with Crippen molar-refractivity contribution in [1.82, 2.24) is 5.32 Å². The highest BCUT2D eigenvalue weighted by Gasteiger charge is 1.99. The number of aliphatic hydroxyl groups is 1. The summed E-state index contributed by atoms with van der Waals surface area (Å²) in [5.41, 5.74) is 0. The van der Waals surface area contributed by atoms with Crippen molar-refractivity contribution in [2.45, 2.75) is 12.5 Å². The molecule has 1 unspecified atom stereocenters. The van der Waals surface area contributed by atoms with Crippen LogP contribution in [-0.4, -0.2) is 24.3 Å². The van der Waals surface area contributed by atoms with Gasteiger partial charge in [0, 0.05) is 6.54 Å². The van der Waals surface area contributed by atoms with Gasteiger partial charge in [0.15, 0.2) is 0 Å². The van der Waals surface area contributed by atoms with Gasteiger partial charge in [0.1, 0.15) is 0 Å². The molecule has 1 atom stereocenters. The first kappa shape index (κ1) is 5.79.